The number of benzene rings is 1. The van der Waals surface area contributed by atoms with Gasteiger partial charge in [0.05, 0.1) is 0 Å². The number of sulfonamides is 1. The predicted molar refractivity (Wildman–Crippen MR) is 95.3 cm³/mol. The van der Waals surface area contributed by atoms with Crippen molar-refractivity contribution in [1.29, 1.82) is 0 Å². The van der Waals surface area contributed by atoms with Crippen LogP contribution in [-0.2, 0) is 27.7 Å². The summed E-state index contributed by atoms with van der Waals surface area (Å²) in [5, 5.41) is 5.14. The second-order valence-corrected chi connectivity index (χ2v) is 8.56. The van der Waals surface area contributed by atoms with Crippen molar-refractivity contribution >= 4 is 44.4 Å². The van der Waals surface area contributed by atoms with Crippen LogP contribution in [0.4, 0.5) is 5.69 Å². The van der Waals surface area contributed by atoms with Gasteiger partial charge in [0.2, 0.25) is 10.0 Å². The summed E-state index contributed by atoms with van der Waals surface area (Å²) >= 11 is 6.32. The molecule has 1 aromatic carbocycles. The summed E-state index contributed by atoms with van der Waals surface area (Å²) in [5.41, 5.74) is 2.80. The van der Waals surface area contributed by atoms with Crippen LogP contribution in [0.15, 0.2) is 39.9 Å². The Morgan fingerprint density at radius 3 is 2.96 bits per heavy atom. The fourth-order valence-electron chi connectivity index (χ4n) is 2.47. The molecule has 0 spiro atoms. The van der Waals surface area contributed by atoms with Gasteiger partial charge in [0.1, 0.15) is 10.3 Å². The van der Waals surface area contributed by atoms with Gasteiger partial charge in [0, 0.05) is 18.7 Å². The van der Waals surface area contributed by atoms with Crippen molar-refractivity contribution in [2.45, 2.75) is 30.2 Å². The van der Waals surface area contributed by atoms with Crippen LogP contribution in [0, 0.1) is 0 Å². The Labute approximate surface area is 144 Å². The minimum Gasteiger partial charge on any atom is -0.467 e. The van der Waals surface area contributed by atoms with Gasteiger partial charge < -0.3 is 10.1 Å². The Bertz CT molecular complexity index is 816. The van der Waals surface area contributed by atoms with E-state index in [1.807, 2.05) is 25.1 Å². The molecule has 5 nitrogen and oxygen atoms in total. The number of rotatable bonds is 4. The Hall–Kier alpha value is -1.48. The summed E-state index contributed by atoms with van der Waals surface area (Å²) in [6.45, 7) is 2.17. The molecule has 1 aliphatic rings. The van der Waals surface area contributed by atoms with E-state index in [2.05, 4.69) is 10.0 Å². The van der Waals surface area contributed by atoms with Gasteiger partial charge >= 0.3 is 0 Å². The molecule has 0 amide bonds. The quantitative estimate of drug-likeness (QED) is 0.813. The number of nitrogens with one attached hydrogen (secondary N) is 2. The van der Waals surface area contributed by atoms with Gasteiger partial charge in [-0.15, -0.1) is 11.3 Å². The standard InChI is InChI=1S/C15H16N2O3S3/c1-10-8-12-11(4-2-5-13(12)17-15(21)20-10)9-16-23(18,19)14-6-3-7-22-14/h2-7,10,16H,8-9H2,1H3,(H,17,21). The molecule has 0 saturated heterocycles. The topological polar surface area (TPSA) is 67.4 Å². The van der Waals surface area contributed by atoms with Crippen LogP contribution in [0.3, 0.4) is 0 Å². The molecule has 1 aliphatic heterocycles. The highest BCUT2D eigenvalue weighted by Crippen LogP contribution is 2.26. The molecule has 0 radical (unpaired) electrons. The number of hydrogen-bond acceptors (Lipinski definition) is 5. The minimum atomic E-state index is -3.48. The summed E-state index contributed by atoms with van der Waals surface area (Å²) in [5.74, 6) is 0. The van der Waals surface area contributed by atoms with Crippen molar-refractivity contribution in [2.75, 3.05) is 5.32 Å². The van der Waals surface area contributed by atoms with Crippen LogP contribution in [0.5, 0.6) is 0 Å². The molecule has 122 valence electrons. The summed E-state index contributed by atoms with van der Waals surface area (Å²) in [4.78, 5) is 0. The zero-order chi connectivity index (χ0) is 16.4. The van der Waals surface area contributed by atoms with Crippen LogP contribution in [0.25, 0.3) is 0 Å². The van der Waals surface area contributed by atoms with E-state index in [1.54, 1.807) is 17.5 Å². The van der Waals surface area contributed by atoms with E-state index in [-0.39, 0.29) is 12.6 Å². The van der Waals surface area contributed by atoms with Crippen molar-refractivity contribution < 1.29 is 13.2 Å². The Kier molecular flexibility index (Phi) is 4.67. The largest absolute Gasteiger partial charge is 0.467 e. The summed E-state index contributed by atoms with van der Waals surface area (Å²) in [6, 6.07) is 9.02. The van der Waals surface area contributed by atoms with E-state index < -0.39 is 10.0 Å². The summed E-state index contributed by atoms with van der Waals surface area (Å²) < 4.78 is 33.0. The average molecular weight is 369 g/mol. The Balaban J connectivity index is 1.85. The van der Waals surface area contributed by atoms with Gasteiger partial charge in [-0.05, 0) is 47.8 Å². The lowest BCUT2D eigenvalue weighted by molar-refractivity contribution is 0.217. The molecule has 23 heavy (non-hydrogen) atoms. The molecular formula is C15H16N2O3S3. The van der Waals surface area contributed by atoms with Crippen LogP contribution < -0.4 is 10.0 Å². The Morgan fingerprint density at radius 2 is 2.22 bits per heavy atom. The fourth-order valence-corrected chi connectivity index (χ4v) is 4.79. The first-order chi connectivity index (χ1) is 11.0. The maximum absolute atomic E-state index is 12.3. The molecule has 0 fully saturated rings. The van der Waals surface area contributed by atoms with Gasteiger partial charge in [-0.3, -0.25) is 0 Å². The van der Waals surface area contributed by atoms with E-state index in [1.165, 1.54) is 11.3 Å². The lowest BCUT2D eigenvalue weighted by atomic mass is 10.00. The molecule has 2 N–H and O–H groups in total. The molecule has 2 aromatic rings. The number of thiocarbonyl (C=S) groups is 1. The highest BCUT2D eigenvalue weighted by Gasteiger charge is 2.21. The predicted octanol–water partition coefficient (Wildman–Crippen LogP) is 2.88. The minimum absolute atomic E-state index is 0.0636. The SMILES string of the molecule is CC1Cc2c(CNS(=O)(=O)c3cccs3)cccc2NC(=S)O1. The highest BCUT2D eigenvalue weighted by atomic mass is 32.2. The second-order valence-electron chi connectivity index (χ2n) is 5.24. The van der Waals surface area contributed by atoms with Crippen LogP contribution >= 0.6 is 23.6 Å². The number of fused-ring (bicyclic) bond motifs is 1. The lowest BCUT2D eigenvalue weighted by Gasteiger charge is -2.13. The molecule has 1 aromatic heterocycles. The highest BCUT2D eigenvalue weighted by molar-refractivity contribution is 7.91. The van der Waals surface area contributed by atoms with Crippen molar-refractivity contribution in [3.63, 3.8) is 0 Å². The normalized spacial score (nSPS) is 17.8. The van der Waals surface area contributed by atoms with Gasteiger partial charge in [0.15, 0.2) is 0 Å². The van der Waals surface area contributed by atoms with Gasteiger partial charge in [-0.1, -0.05) is 18.2 Å². The van der Waals surface area contributed by atoms with Crippen LogP contribution in [0.1, 0.15) is 18.1 Å². The van der Waals surface area contributed by atoms with E-state index >= 15 is 0 Å². The Morgan fingerprint density at radius 1 is 1.39 bits per heavy atom. The first kappa shape index (κ1) is 16.4. The lowest BCUT2D eigenvalue weighted by Crippen LogP contribution is -2.23. The first-order valence-electron chi connectivity index (χ1n) is 7.07. The fraction of sp³-hybridized carbons (Fsp3) is 0.267. The van der Waals surface area contributed by atoms with E-state index in [9.17, 15) is 8.42 Å². The smallest absolute Gasteiger partial charge is 0.261 e. The maximum Gasteiger partial charge on any atom is 0.261 e. The number of hydrogen-bond donors (Lipinski definition) is 2. The molecular weight excluding hydrogens is 352 g/mol. The monoisotopic (exact) mass is 368 g/mol. The van der Waals surface area contributed by atoms with Gasteiger partial charge in [-0.2, -0.15) is 0 Å². The third-order valence-corrected chi connectivity index (χ3v) is 6.52. The molecule has 3 rings (SSSR count). The summed E-state index contributed by atoms with van der Waals surface area (Å²) in [6.07, 6.45) is 0.602. The zero-order valence-corrected chi connectivity index (χ0v) is 14.9. The first-order valence-corrected chi connectivity index (χ1v) is 9.84. The molecule has 1 unspecified atom stereocenters. The van der Waals surface area contributed by atoms with E-state index in [0.29, 0.717) is 15.8 Å². The van der Waals surface area contributed by atoms with Gasteiger partial charge in [-0.25, -0.2) is 13.1 Å². The molecule has 1 atom stereocenters. The number of thiophene rings is 1. The van der Waals surface area contributed by atoms with E-state index in [4.69, 9.17) is 17.0 Å². The van der Waals surface area contributed by atoms with E-state index in [0.717, 1.165) is 16.8 Å². The number of ether oxygens (including phenoxy) is 1. The van der Waals surface area contributed by atoms with Gasteiger partial charge in [0.25, 0.3) is 5.17 Å². The second kappa shape index (κ2) is 6.56. The molecule has 0 aliphatic carbocycles. The summed E-state index contributed by atoms with van der Waals surface area (Å²) in [7, 11) is -3.48. The maximum atomic E-state index is 12.3. The molecule has 8 heteroatoms. The van der Waals surface area contributed by atoms with Crippen molar-refractivity contribution in [3.8, 4) is 0 Å². The third kappa shape index (κ3) is 3.72. The van der Waals surface area contributed by atoms with Crippen LogP contribution in [-0.4, -0.2) is 19.7 Å². The van der Waals surface area contributed by atoms with Crippen molar-refractivity contribution in [1.82, 2.24) is 4.72 Å². The molecule has 0 bridgehead atoms. The average Bonchev–Trinajstić information content (AvgIpc) is 2.98. The molecule has 2 heterocycles. The van der Waals surface area contributed by atoms with Crippen molar-refractivity contribution in [2.24, 2.45) is 0 Å². The van der Waals surface area contributed by atoms with Crippen molar-refractivity contribution in [3.05, 3.63) is 46.8 Å². The zero-order valence-electron chi connectivity index (χ0n) is 12.4. The van der Waals surface area contributed by atoms with Crippen LogP contribution in [0.2, 0.25) is 0 Å². The molecule has 0 saturated carbocycles. The number of anilines is 1. The third-order valence-electron chi connectivity index (χ3n) is 3.52.